The highest BCUT2D eigenvalue weighted by Gasteiger charge is 2.30. The molecule has 2 atom stereocenters. The summed E-state index contributed by atoms with van der Waals surface area (Å²) in [5.41, 5.74) is 1.94. The molecule has 2 aliphatic rings. The van der Waals surface area contributed by atoms with Crippen LogP contribution in [0.25, 0.3) is 0 Å². The topological polar surface area (TPSA) is 71.1 Å². The van der Waals surface area contributed by atoms with E-state index in [2.05, 4.69) is 5.32 Å². The Morgan fingerprint density at radius 2 is 1.86 bits per heavy atom. The van der Waals surface area contributed by atoms with Gasteiger partial charge in [-0.2, -0.15) is 0 Å². The summed E-state index contributed by atoms with van der Waals surface area (Å²) in [6, 6.07) is 3.92. The molecule has 1 aromatic rings. The minimum atomic E-state index is -1.26. The van der Waals surface area contributed by atoms with Crippen LogP contribution >= 0.6 is 0 Å². The van der Waals surface area contributed by atoms with Crippen molar-refractivity contribution in [2.24, 2.45) is 0 Å². The van der Waals surface area contributed by atoms with E-state index < -0.39 is 11.0 Å². The van der Waals surface area contributed by atoms with Crippen LogP contribution in [0, 0.1) is 13.8 Å². The molecule has 2 fully saturated rings. The van der Waals surface area contributed by atoms with Crippen LogP contribution in [0.1, 0.15) is 30.4 Å². The van der Waals surface area contributed by atoms with Crippen molar-refractivity contribution in [3.63, 3.8) is 0 Å². The lowest BCUT2D eigenvalue weighted by Gasteiger charge is -2.35. The van der Waals surface area contributed by atoms with E-state index in [1.54, 1.807) is 7.11 Å². The molecule has 1 N–H and O–H groups in total. The van der Waals surface area contributed by atoms with Crippen molar-refractivity contribution < 1.29 is 18.5 Å². The van der Waals surface area contributed by atoms with Crippen LogP contribution in [0.15, 0.2) is 17.0 Å². The van der Waals surface area contributed by atoms with E-state index >= 15 is 0 Å². The highest BCUT2D eigenvalue weighted by atomic mass is 32.2. The smallest absolute Gasteiger partial charge is 0.248 e. The van der Waals surface area contributed by atoms with Crippen LogP contribution < -0.4 is 10.1 Å². The number of hydrogen-bond acceptors (Lipinski definition) is 5. The van der Waals surface area contributed by atoms with Crippen LogP contribution in [-0.2, 0) is 20.5 Å². The van der Waals surface area contributed by atoms with E-state index in [1.807, 2.05) is 35.2 Å². The minimum Gasteiger partial charge on any atom is -0.497 e. The van der Waals surface area contributed by atoms with Gasteiger partial charge in [-0.05, 0) is 49.9 Å². The lowest BCUT2D eigenvalue weighted by molar-refractivity contribution is -0.137. The zero-order valence-electron chi connectivity index (χ0n) is 17.7. The fourth-order valence-electron chi connectivity index (χ4n) is 4.07. The number of benzene rings is 1. The highest BCUT2D eigenvalue weighted by molar-refractivity contribution is 7.82. The Balaban J connectivity index is 1.62. The zero-order valence-corrected chi connectivity index (χ0v) is 18.6. The number of carbonyl (C=O) groups excluding carboxylic acids is 1. The summed E-state index contributed by atoms with van der Waals surface area (Å²) < 4.78 is 26.6. The fourth-order valence-corrected chi connectivity index (χ4v) is 5.70. The standard InChI is InChI=1S/C21H33N3O4S/c1-16-12-19(27-3)13-17(2)21(16)29(26)24-9-5-4-6-18(24)14-28-15-20(25)23-10-7-22-8-11-23/h12-13,18,22H,4-11,14-15H2,1-3H3. The molecule has 1 aromatic carbocycles. The number of ether oxygens (including phenoxy) is 2. The molecule has 8 heteroatoms. The molecule has 0 bridgehead atoms. The summed E-state index contributed by atoms with van der Waals surface area (Å²) in [6.45, 7) is 8.39. The monoisotopic (exact) mass is 423 g/mol. The summed E-state index contributed by atoms with van der Waals surface area (Å²) in [4.78, 5) is 15.0. The predicted octanol–water partition coefficient (Wildman–Crippen LogP) is 1.64. The third-order valence-corrected chi connectivity index (χ3v) is 7.54. The van der Waals surface area contributed by atoms with Gasteiger partial charge >= 0.3 is 0 Å². The van der Waals surface area contributed by atoms with E-state index in [1.165, 1.54) is 0 Å². The Morgan fingerprint density at radius 1 is 1.17 bits per heavy atom. The largest absolute Gasteiger partial charge is 0.497 e. The molecular formula is C21H33N3O4S. The Hall–Kier alpha value is -1.48. The molecule has 0 radical (unpaired) electrons. The molecule has 2 saturated heterocycles. The molecule has 2 aliphatic heterocycles. The first kappa shape index (κ1) is 22.2. The van der Waals surface area contributed by atoms with Gasteiger partial charge in [0, 0.05) is 38.8 Å². The SMILES string of the molecule is COc1cc(C)c(S(=O)N2CCCCC2COCC(=O)N2CCNCC2)c(C)c1. The molecule has 3 rings (SSSR count). The van der Waals surface area contributed by atoms with Gasteiger partial charge in [0.1, 0.15) is 23.3 Å². The lowest BCUT2D eigenvalue weighted by Crippen LogP contribution is -2.48. The van der Waals surface area contributed by atoms with Crippen molar-refractivity contribution in [1.82, 2.24) is 14.5 Å². The second kappa shape index (κ2) is 10.5. The quantitative estimate of drug-likeness (QED) is 0.722. The van der Waals surface area contributed by atoms with Gasteiger partial charge in [0.05, 0.1) is 18.6 Å². The Kier molecular flexibility index (Phi) is 8.06. The van der Waals surface area contributed by atoms with Crippen molar-refractivity contribution >= 4 is 16.9 Å². The molecule has 0 spiro atoms. The molecule has 0 aliphatic carbocycles. The van der Waals surface area contributed by atoms with Gasteiger partial charge < -0.3 is 19.7 Å². The molecule has 162 valence electrons. The number of carbonyl (C=O) groups is 1. The molecule has 2 unspecified atom stereocenters. The Labute approximate surface area is 176 Å². The first-order chi connectivity index (χ1) is 14.0. The second-order valence-corrected chi connectivity index (χ2v) is 9.15. The molecule has 0 saturated carbocycles. The first-order valence-corrected chi connectivity index (χ1v) is 11.5. The van der Waals surface area contributed by atoms with Crippen LogP contribution in [-0.4, -0.2) is 78.4 Å². The number of piperazine rings is 1. The van der Waals surface area contributed by atoms with Gasteiger partial charge in [-0.15, -0.1) is 0 Å². The number of nitrogens with one attached hydrogen (secondary N) is 1. The fraction of sp³-hybridized carbons (Fsp3) is 0.667. The maximum absolute atomic E-state index is 13.5. The number of methoxy groups -OCH3 is 1. The van der Waals surface area contributed by atoms with Crippen LogP contribution in [0.2, 0.25) is 0 Å². The summed E-state index contributed by atoms with van der Waals surface area (Å²) in [5.74, 6) is 0.822. The van der Waals surface area contributed by atoms with Crippen molar-refractivity contribution in [2.75, 3.05) is 53.0 Å². The van der Waals surface area contributed by atoms with Crippen LogP contribution in [0.5, 0.6) is 5.75 Å². The molecular weight excluding hydrogens is 390 g/mol. The zero-order chi connectivity index (χ0) is 20.8. The molecule has 7 nitrogen and oxygen atoms in total. The van der Waals surface area contributed by atoms with E-state index in [4.69, 9.17) is 9.47 Å². The van der Waals surface area contributed by atoms with Gasteiger partial charge in [0.25, 0.3) is 0 Å². The van der Waals surface area contributed by atoms with Gasteiger partial charge in [0.2, 0.25) is 5.91 Å². The maximum atomic E-state index is 13.5. The molecule has 1 amide bonds. The molecule has 29 heavy (non-hydrogen) atoms. The number of piperidine rings is 1. The number of aryl methyl sites for hydroxylation is 2. The maximum Gasteiger partial charge on any atom is 0.248 e. The normalized spacial score (nSPS) is 21.8. The summed E-state index contributed by atoms with van der Waals surface area (Å²) in [6.07, 6.45) is 3.05. The average molecular weight is 424 g/mol. The number of rotatable bonds is 7. The number of amides is 1. The molecule has 2 heterocycles. The van der Waals surface area contributed by atoms with Crippen molar-refractivity contribution in [3.8, 4) is 5.75 Å². The van der Waals surface area contributed by atoms with E-state index in [0.717, 1.165) is 73.8 Å². The summed E-state index contributed by atoms with van der Waals surface area (Å²) in [7, 11) is 0.386. The van der Waals surface area contributed by atoms with E-state index in [0.29, 0.717) is 6.61 Å². The highest BCUT2D eigenvalue weighted by Crippen LogP contribution is 2.29. The van der Waals surface area contributed by atoms with E-state index in [-0.39, 0.29) is 18.6 Å². The van der Waals surface area contributed by atoms with Crippen LogP contribution in [0.4, 0.5) is 0 Å². The predicted molar refractivity (Wildman–Crippen MR) is 113 cm³/mol. The van der Waals surface area contributed by atoms with Crippen molar-refractivity contribution in [2.45, 2.75) is 44.0 Å². The van der Waals surface area contributed by atoms with Gasteiger partial charge in [-0.1, -0.05) is 6.42 Å². The summed E-state index contributed by atoms with van der Waals surface area (Å²) >= 11 is 0. The average Bonchev–Trinajstić information content (AvgIpc) is 2.74. The minimum absolute atomic E-state index is 0.0387. The number of hydrogen-bond donors (Lipinski definition) is 1. The number of nitrogens with zero attached hydrogens (tertiary/aromatic N) is 2. The van der Waals surface area contributed by atoms with Crippen LogP contribution in [0.3, 0.4) is 0 Å². The third kappa shape index (κ3) is 5.57. The Morgan fingerprint density at radius 3 is 2.52 bits per heavy atom. The van der Waals surface area contributed by atoms with Gasteiger partial charge in [0.15, 0.2) is 0 Å². The molecule has 0 aromatic heterocycles. The summed E-state index contributed by atoms with van der Waals surface area (Å²) in [5, 5.41) is 3.24. The van der Waals surface area contributed by atoms with E-state index in [9.17, 15) is 9.00 Å². The second-order valence-electron chi connectivity index (χ2n) is 7.78. The lowest BCUT2D eigenvalue weighted by atomic mass is 10.1. The third-order valence-electron chi connectivity index (χ3n) is 5.64. The van der Waals surface area contributed by atoms with Gasteiger partial charge in [-0.3, -0.25) is 4.79 Å². The first-order valence-electron chi connectivity index (χ1n) is 10.4. The van der Waals surface area contributed by atoms with Gasteiger partial charge in [-0.25, -0.2) is 8.51 Å². The van der Waals surface area contributed by atoms with Crippen molar-refractivity contribution in [3.05, 3.63) is 23.3 Å². The van der Waals surface area contributed by atoms with Crippen molar-refractivity contribution in [1.29, 1.82) is 0 Å². The Bertz CT molecular complexity index is 714.